The first-order valence-corrected chi connectivity index (χ1v) is 3.57. The predicted molar refractivity (Wildman–Crippen MR) is 41.2 cm³/mol. The normalized spacial score (nSPS) is 29.8. The van der Waals surface area contributed by atoms with Crippen molar-refractivity contribution in [2.24, 2.45) is 16.7 Å². The maximum absolute atomic E-state index is 3.81. The first kappa shape index (κ1) is 6.85. The van der Waals surface area contributed by atoms with Crippen LogP contribution in [0.1, 0.15) is 27.7 Å². The topological polar surface area (TPSA) is 0 Å². The third kappa shape index (κ3) is 0.593. The van der Waals surface area contributed by atoms with Crippen molar-refractivity contribution in [3.63, 3.8) is 0 Å². The molecular weight excluding hydrogens is 108 g/mol. The molecule has 1 rings (SSSR count). The lowest BCUT2D eigenvalue weighted by Gasteiger charge is -2.03. The van der Waals surface area contributed by atoms with Crippen molar-refractivity contribution in [3.05, 3.63) is 12.7 Å². The summed E-state index contributed by atoms with van der Waals surface area (Å²) in [6.07, 6.45) is 2.08. The van der Waals surface area contributed by atoms with Gasteiger partial charge in [-0.2, -0.15) is 0 Å². The van der Waals surface area contributed by atoms with E-state index in [1.807, 2.05) is 0 Å². The molecule has 1 aliphatic rings. The summed E-state index contributed by atoms with van der Waals surface area (Å²) >= 11 is 0. The molecule has 0 heterocycles. The Morgan fingerprint density at radius 2 is 1.44 bits per heavy atom. The minimum Gasteiger partial charge on any atom is -0.103 e. The second-order valence-electron chi connectivity index (χ2n) is 4.16. The summed E-state index contributed by atoms with van der Waals surface area (Å²) in [5, 5.41) is 0. The standard InChI is InChI=1S/C9H16/c1-6-7-8(2,3)9(7,4)5/h6-7H,1H2,2-5H3. The van der Waals surface area contributed by atoms with Gasteiger partial charge in [0.25, 0.3) is 0 Å². The summed E-state index contributed by atoms with van der Waals surface area (Å²) in [6, 6.07) is 0. The van der Waals surface area contributed by atoms with Crippen LogP contribution in [0, 0.1) is 16.7 Å². The SMILES string of the molecule is C=CC1C(C)(C)C1(C)C. The summed E-state index contributed by atoms with van der Waals surface area (Å²) in [5.74, 6) is 0.727. The zero-order valence-corrected chi connectivity index (χ0v) is 6.86. The lowest BCUT2D eigenvalue weighted by atomic mass is 10.0. The van der Waals surface area contributed by atoms with Crippen LogP contribution >= 0.6 is 0 Å². The third-order valence-electron chi connectivity index (χ3n) is 3.37. The fourth-order valence-corrected chi connectivity index (χ4v) is 1.84. The van der Waals surface area contributed by atoms with E-state index in [0.29, 0.717) is 10.8 Å². The smallest absolute Gasteiger partial charge is 0.0123 e. The molecule has 0 saturated heterocycles. The maximum Gasteiger partial charge on any atom is -0.0123 e. The summed E-state index contributed by atoms with van der Waals surface area (Å²) in [7, 11) is 0. The largest absolute Gasteiger partial charge is 0.103 e. The summed E-state index contributed by atoms with van der Waals surface area (Å²) < 4.78 is 0. The zero-order valence-electron chi connectivity index (χ0n) is 6.86. The van der Waals surface area contributed by atoms with Gasteiger partial charge in [-0.25, -0.2) is 0 Å². The zero-order chi connectivity index (χ0) is 7.28. The van der Waals surface area contributed by atoms with Crippen molar-refractivity contribution in [1.29, 1.82) is 0 Å². The van der Waals surface area contributed by atoms with Gasteiger partial charge in [-0.3, -0.25) is 0 Å². The molecule has 0 heteroatoms. The van der Waals surface area contributed by atoms with E-state index in [9.17, 15) is 0 Å². The molecule has 0 nitrogen and oxygen atoms in total. The van der Waals surface area contributed by atoms with Crippen molar-refractivity contribution in [3.8, 4) is 0 Å². The van der Waals surface area contributed by atoms with Crippen molar-refractivity contribution in [2.45, 2.75) is 27.7 Å². The molecule has 0 aromatic heterocycles. The van der Waals surface area contributed by atoms with Crippen molar-refractivity contribution >= 4 is 0 Å². The van der Waals surface area contributed by atoms with Crippen LogP contribution < -0.4 is 0 Å². The van der Waals surface area contributed by atoms with Crippen LogP contribution in [0.3, 0.4) is 0 Å². The van der Waals surface area contributed by atoms with Crippen molar-refractivity contribution in [2.75, 3.05) is 0 Å². The average molecular weight is 124 g/mol. The highest BCUT2D eigenvalue weighted by Crippen LogP contribution is 2.68. The first-order valence-electron chi connectivity index (χ1n) is 3.57. The van der Waals surface area contributed by atoms with Gasteiger partial charge in [-0.1, -0.05) is 33.8 Å². The molecule has 0 spiro atoms. The van der Waals surface area contributed by atoms with Gasteiger partial charge in [0.05, 0.1) is 0 Å². The third-order valence-corrected chi connectivity index (χ3v) is 3.37. The predicted octanol–water partition coefficient (Wildman–Crippen LogP) is 2.85. The van der Waals surface area contributed by atoms with Crippen LogP contribution in [0.5, 0.6) is 0 Å². The Labute approximate surface area is 58.0 Å². The van der Waals surface area contributed by atoms with Crippen LogP contribution in [0.2, 0.25) is 0 Å². The van der Waals surface area contributed by atoms with Gasteiger partial charge < -0.3 is 0 Å². The minimum atomic E-state index is 0.495. The number of allylic oxidation sites excluding steroid dienone is 1. The molecule has 52 valence electrons. The second-order valence-corrected chi connectivity index (χ2v) is 4.16. The van der Waals surface area contributed by atoms with Gasteiger partial charge in [-0.15, -0.1) is 6.58 Å². The Bertz CT molecular complexity index is 126. The van der Waals surface area contributed by atoms with E-state index in [2.05, 4.69) is 40.3 Å². The molecule has 0 N–H and O–H groups in total. The van der Waals surface area contributed by atoms with E-state index in [4.69, 9.17) is 0 Å². The molecule has 0 aliphatic heterocycles. The van der Waals surface area contributed by atoms with E-state index in [1.54, 1.807) is 0 Å². The molecule has 0 radical (unpaired) electrons. The molecule has 1 saturated carbocycles. The van der Waals surface area contributed by atoms with E-state index in [1.165, 1.54) is 0 Å². The van der Waals surface area contributed by atoms with Crippen molar-refractivity contribution in [1.82, 2.24) is 0 Å². The molecule has 0 aromatic rings. The quantitative estimate of drug-likeness (QED) is 0.471. The van der Waals surface area contributed by atoms with Crippen molar-refractivity contribution < 1.29 is 0 Å². The Balaban J connectivity index is 2.77. The Hall–Kier alpha value is -0.260. The Morgan fingerprint density at radius 1 is 1.11 bits per heavy atom. The summed E-state index contributed by atoms with van der Waals surface area (Å²) in [5.41, 5.74) is 0.990. The van der Waals surface area contributed by atoms with Crippen LogP contribution in [-0.4, -0.2) is 0 Å². The molecule has 9 heavy (non-hydrogen) atoms. The van der Waals surface area contributed by atoms with E-state index >= 15 is 0 Å². The minimum absolute atomic E-state index is 0.495. The van der Waals surface area contributed by atoms with Gasteiger partial charge >= 0.3 is 0 Å². The molecule has 1 fully saturated rings. The molecule has 0 amide bonds. The van der Waals surface area contributed by atoms with Crippen LogP contribution in [0.15, 0.2) is 12.7 Å². The lowest BCUT2D eigenvalue weighted by molar-refractivity contribution is 0.457. The Morgan fingerprint density at radius 3 is 1.44 bits per heavy atom. The second kappa shape index (κ2) is 1.42. The fraction of sp³-hybridized carbons (Fsp3) is 0.778. The van der Waals surface area contributed by atoms with E-state index in [0.717, 1.165) is 5.92 Å². The molecule has 0 aromatic carbocycles. The highest BCUT2D eigenvalue weighted by molar-refractivity contribution is 5.18. The first-order chi connectivity index (χ1) is 3.94. The maximum atomic E-state index is 3.81. The van der Waals surface area contributed by atoms with E-state index < -0.39 is 0 Å². The summed E-state index contributed by atoms with van der Waals surface area (Å²) in [6.45, 7) is 13.0. The molecule has 0 unspecified atom stereocenters. The Kier molecular flexibility index (Phi) is 1.08. The number of hydrogen-bond donors (Lipinski definition) is 0. The number of rotatable bonds is 1. The highest BCUT2D eigenvalue weighted by Gasteiger charge is 2.62. The van der Waals surface area contributed by atoms with Gasteiger partial charge in [0, 0.05) is 0 Å². The monoisotopic (exact) mass is 124 g/mol. The van der Waals surface area contributed by atoms with E-state index in [-0.39, 0.29) is 0 Å². The highest BCUT2D eigenvalue weighted by atomic mass is 14.7. The van der Waals surface area contributed by atoms with Gasteiger partial charge in [0.2, 0.25) is 0 Å². The molecule has 0 atom stereocenters. The van der Waals surface area contributed by atoms with Gasteiger partial charge in [0.15, 0.2) is 0 Å². The molecule has 1 aliphatic carbocycles. The average Bonchev–Trinajstić information content (AvgIpc) is 2.00. The number of hydrogen-bond acceptors (Lipinski definition) is 0. The van der Waals surface area contributed by atoms with Crippen LogP contribution in [-0.2, 0) is 0 Å². The fourth-order valence-electron chi connectivity index (χ4n) is 1.84. The van der Waals surface area contributed by atoms with Gasteiger partial charge in [-0.05, 0) is 16.7 Å². The van der Waals surface area contributed by atoms with Crippen LogP contribution in [0.4, 0.5) is 0 Å². The van der Waals surface area contributed by atoms with Gasteiger partial charge in [0.1, 0.15) is 0 Å². The summed E-state index contributed by atoms with van der Waals surface area (Å²) in [4.78, 5) is 0. The lowest BCUT2D eigenvalue weighted by Crippen LogP contribution is -1.95. The molecular formula is C9H16. The van der Waals surface area contributed by atoms with Crippen LogP contribution in [0.25, 0.3) is 0 Å². The molecule has 0 bridgehead atoms.